The fourth-order valence-electron chi connectivity index (χ4n) is 1.45. The Morgan fingerprint density at radius 3 is 2.83 bits per heavy atom. The lowest BCUT2D eigenvalue weighted by Gasteiger charge is -2.17. The topological polar surface area (TPSA) is 104 Å². The van der Waals surface area contributed by atoms with Crippen LogP contribution < -0.4 is 10.2 Å². The van der Waals surface area contributed by atoms with E-state index in [0.717, 1.165) is 6.42 Å². The van der Waals surface area contributed by atoms with Crippen LogP contribution in [-0.4, -0.2) is 46.7 Å². The first-order valence-corrected chi connectivity index (χ1v) is 5.67. The van der Waals surface area contributed by atoms with Crippen molar-refractivity contribution in [2.24, 2.45) is 0 Å². The molecule has 0 aliphatic carbocycles. The van der Waals surface area contributed by atoms with E-state index in [1.807, 2.05) is 6.92 Å². The molecule has 2 N–H and O–H groups in total. The summed E-state index contributed by atoms with van der Waals surface area (Å²) in [6.45, 7) is 2.72. The zero-order valence-electron chi connectivity index (χ0n) is 10.5. The van der Waals surface area contributed by atoms with Gasteiger partial charge in [-0.3, -0.25) is 10.1 Å². The van der Waals surface area contributed by atoms with Crippen molar-refractivity contribution < 1.29 is 10.0 Å². The van der Waals surface area contributed by atoms with E-state index in [4.69, 9.17) is 5.11 Å². The molecule has 1 aromatic heterocycles. The molecule has 0 fully saturated rings. The monoisotopic (exact) mass is 255 g/mol. The Morgan fingerprint density at radius 2 is 2.28 bits per heavy atom. The lowest BCUT2D eigenvalue weighted by Crippen LogP contribution is -2.24. The highest BCUT2D eigenvalue weighted by atomic mass is 16.6. The van der Waals surface area contributed by atoms with Crippen LogP contribution in [0.5, 0.6) is 0 Å². The summed E-state index contributed by atoms with van der Waals surface area (Å²) in [6.07, 6.45) is 2.11. The second-order valence-corrected chi connectivity index (χ2v) is 3.72. The Labute approximate surface area is 105 Å². The Hall–Kier alpha value is -1.96. The summed E-state index contributed by atoms with van der Waals surface area (Å²) < 4.78 is 0. The zero-order valence-corrected chi connectivity index (χ0v) is 10.5. The van der Waals surface area contributed by atoms with Gasteiger partial charge in [0.25, 0.3) is 0 Å². The second kappa shape index (κ2) is 6.70. The van der Waals surface area contributed by atoms with Crippen LogP contribution in [0, 0.1) is 10.1 Å². The largest absolute Gasteiger partial charge is 0.395 e. The third-order valence-corrected chi connectivity index (χ3v) is 2.32. The third-order valence-electron chi connectivity index (χ3n) is 2.32. The van der Waals surface area contributed by atoms with Gasteiger partial charge >= 0.3 is 5.69 Å². The SMILES string of the molecule is CCCNc1ncnc(N(C)CCO)c1[N+](=O)[O-]. The number of nitrogens with one attached hydrogen (secondary N) is 1. The van der Waals surface area contributed by atoms with Crippen LogP contribution in [0.25, 0.3) is 0 Å². The van der Waals surface area contributed by atoms with Crippen molar-refractivity contribution in [3.05, 3.63) is 16.4 Å². The van der Waals surface area contributed by atoms with Gasteiger partial charge in [-0.1, -0.05) is 6.92 Å². The quantitative estimate of drug-likeness (QED) is 0.544. The second-order valence-electron chi connectivity index (χ2n) is 3.72. The van der Waals surface area contributed by atoms with Gasteiger partial charge in [-0.05, 0) is 6.42 Å². The van der Waals surface area contributed by atoms with Crippen molar-refractivity contribution in [1.29, 1.82) is 0 Å². The summed E-state index contributed by atoms with van der Waals surface area (Å²) in [5.74, 6) is 0.402. The fraction of sp³-hybridized carbons (Fsp3) is 0.600. The van der Waals surface area contributed by atoms with Gasteiger partial charge in [-0.25, -0.2) is 9.97 Å². The number of hydrogen-bond acceptors (Lipinski definition) is 7. The summed E-state index contributed by atoms with van der Waals surface area (Å²) in [5, 5.41) is 22.9. The minimum absolute atomic E-state index is 0.102. The van der Waals surface area contributed by atoms with E-state index in [0.29, 0.717) is 6.54 Å². The molecule has 0 aliphatic heterocycles. The van der Waals surface area contributed by atoms with Crippen molar-refractivity contribution in [3.63, 3.8) is 0 Å². The molecular formula is C10H17N5O3. The van der Waals surface area contributed by atoms with Crippen molar-refractivity contribution in [3.8, 4) is 0 Å². The summed E-state index contributed by atoms with van der Waals surface area (Å²) in [5.41, 5.74) is -0.165. The summed E-state index contributed by atoms with van der Waals surface area (Å²) in [6, 6.07) is 0. The van der Waals surface area contributed by atoms with Gasteiger partial charge in [0, 0.05) is 20.1 Å². The normalized spacial score (nSPS) is 10.2. The number of aliphatic hydroxyl groups is 1. The maximum Gasteiger partial charge on any atom is 0.353 e. The predicted molar refractivity (Wildman–Crippen MR) is 67.8 cm³/mol. The van der Waals surface area contributed by atoms with E-state index in [9.17, 15) is 10.1 Å². The molecule has 0 amide bonds. The van der Waals surface area contributed by atoms with E-state index in [1.54, 1.807) is 7.05 Å². The van der Waals surface area contributed by atoms with Crippen molar-refractivity contribution >= 4 is 17.3 Å². The number of nitro groups is 1. The van der Waals surface area contributed by atoms with Crippen molar-refractivity contribution in [1.82, 2.24) is 9.97 Å². The molecule has 1 aromatic rings. The van der Waals surface area contributed by atoms with Crippen LogP contribution in [0.3, 0.4) is 0 Å². The molecule has 1 heterocycles. The molecule has 0 atom stereocenters. The van der Waals surface area contributed by atoms with E-state index < -0.39 is 4.92 Å². The third kappa shape index (κ3) is 3.27. The molecule has 0 saturated heterocycles. The van der Waals surface area contributed by atoms with Crippen molar-refractivity contribution in [2.75, 3.05) is 37.0 Å². The van der Waals surface area contributed by atoms with Crippen LogP contribution in [0.1, 0.15) is 13.3 Å². The summed E-state index contributed by atoms with van der Waals surface area (Å²) >= 11 is 0. The molecular weight excluding hydrogens is 238 g/mol. The van der Waals surface area contributed by atoms with Crippen LogP contribution >= 0.6 is 0 Å². The molecule has 8 heteroatoms. The number of nitrogens with zero attached hydrogens (tertiary/aromatic N) is 4. The van der Waals surface area contributed by atoms with Crippen LogP contribution in [0.15, 0.2) is 6.33 Å². The van der Waals surface area contributed by atoms with E-state index in [2.05, 4.69) is 15.3 Å². The van der Waals surface area contributed by atoms with E-state index >= 15 is 0 Å². The number of aliphatic hydroxyl groups excluding tert-OH is 1. The molecule has 0 spiro atoms. The molecule has 0 radical (unpaired) electrons. The Balaban J connectivity index is 3.12. The maximum absolute atomic E-state index is 11.1. The molecule has 1 rings (SSSR count). The first kappa shape index (κ1) is 14.1. The number of likely N-dealkylation sites (N-methyl/N-ethyl adjacent to an activating group) is 1. The summed E-state index contributed by atoms with van der Waals surface area (Å²) in [7, 11) is 1.63. The van der Waals surface area contributed by atoms with Crippen LogP contribution in [0.2, 0.25) is 0 Å². The predicted octanol–water partition coefficient (Wildman–Crippen LogP) is 0.635. The van der Waals surface area contributed by atoms with Gasteiger partial charge < -0.3 is 15.3 Å². The molecule has 18 heavy (non-hydrogen) atoms. The molecule has 0 aromatic carbocycles. The highest BCUT2D eigenvalue weighted by Gasteiger charge is 2.24. The van der Waals surface area contributed by atoms with E-state index in [-0.39, 0.29) is 30.5 Å². The fourth-order valence-corrected chi connectivity index (χ4v) is 1.45. The highest BCUT2D eigenvalue weighted by Crippen LogP contribution is 2.30. The molecule has 0 unspecified atom stereocenters. The lowest BCUT2D eigenvalue weighted by atomic mass is 10.3. The number of anilines is 2. The molecule has 8 nitrogen and oxygen atoms in total. The Morgan fingerprint density at radius 1 is 1.56 bits per heavy atom. The van der Waals surface area contributed by atoms with Crippen LogP contribution in [0.4, 0.5) is 17.3 Å². The van der Waals surface area contributed by atoms with Gasteiger partial charge in [0.1, 0.15) is 6.33 Å². The average Bonchev–Trinajstić information content (AvgIpc) is 2.35. The standard InChI is InChI=1S/C10H17N5O3/c1-3-4-11-9-8(15(17)18)10(13-7-12-9)14(2)5-6-16/h7,16H,3-6H2,1-2H3,(H,11,12,13). The molecule has 0 saturated carbocycles. The highest BCUT2D eigenvalue weighted by molar-refractivity contribution is 5.69. The van der Waals surface area contributed by atoms with Gasteiger partial charge in [-0.15, -0.1) is 0 Å². The minimum atomic E-state index is -0.513. The maximum atomic E-state index is 11.1. The number of hydrogen-bond donors (Lipinski definition) is 2. The number of rotatable bonds is 7. The Kier molecular flexibility index (Phi) is 5.25. The minimum Gasteiger partial charge on any atom is -0.395 e. The molecule has 0 aliphatic rings. The first-order chi connectivity index (χ1) is 8.61. The van der Waals surface area contributed by atoms with Gasteiger partial charge in [0.2, 0.25) is 11.6 Å². The summed E-state index contributed by atoms with van der Waals surface area (Å²) in [4.78, 5) is 19.9. The van der Waals surface area contributed by atoms with Gasteiger partial charge in [0.15, 0.2) is 0 Å². The zero-order chi connectivity index (χ0) is 13.5. The van der Waals surface area contributed by atoms with E-state index in [1.165, 1.54) is 11.2 Å². The van der Waals surface area contributed by atoms with Crippen molar-refractivity contribution in [2.45, 2.75) is 13.3 Å². The smallest absolute Gasteiger partial charge is 0.353 e. The molecule has 0 bridgehead atoms. The van der Waals surface area contributed by atoms with Gasteiger partial charge in [0.05, 0.1) is 11.5 Å². The van der Waals surface area contributed by atoms with Gasteiger partial charge in [-0.2, -0.15) is 0 Å². The number of aromatic nitrogens is 2. The average molecular weight is 255 g/mol. The lowest BCUT2D eigenvalue weighted by molar-refractivity contribution is -0.383. The van der Waals surface area contributed by atoms with Crippen LogP contribution in [-0.2, 0) is 0 Å². The Bertz CT molecular complexity index is 412. The molecule has 100 valence electrons. The first-order valence-electron chi connectivity index (χ1n) is 5.67.